The maximum absolute atomic E-state index is 10.0. The summed E-state index contributed by atoms with van der Waals surface area (Å²) < 4.78 is 20.1. The van der Waals surface area contributed by atoms with Gasteiger partial charge in [0.1, 0.15) is 0 Å². The molecule has 64 valence electrons. The van der Waals surface area contributed by atoms with Crippen LogP contribution in [0.4, 0.5) is 0 Å². The molecule has 0 saturated carbocycles. The fourth-order valence-electron chi connectivity index (χ4n) is 0. The van der Waals surface area contributed by atoms with Crippen LogP contribution in [0.15, 0.2) is 0 Å². The van der Waals surface area contributed by atoms with Crippen molar-refractivity contribution in [3.05, 3.63) is 0 Å². The van der Waals surface area contributed by atoms with E-state index in [0.29, 0.717) is 0 Å². The van der Waals surface area contributed by atoms with Crippen LogP contribution in [-0.2, 0) is 53.1 Å². The van der Waals surface area contributed by atoms with Crippen LogP contribution in [0.5, 0.6) is 0 Å². The van der Waals surface area contributed by atoms with Gasteiger partial charge in [-0.25, -0.2) is 0 Å². The molecule has 0 aromatic heterocycles. The molecule has 0 amide bonds. The van der Waals surface area contributed by atoms with Crippen molar-refractivity contribution in [2.24, 2.45) is 0 Å². The topological polar surface area (TPSA) is 34.1 Å². The fraction of sp³-hybridized carbons (Fsp3) is 1.00. The van der Waals surface area contributed by atoms with Gasteiger partial charge in [-0.15, -0.1) is 0 Å². The SMILES string of the molecule is CP(C)(=O)[S-].CP(C)(=O)[S-].[Zn+2]. The molecule has 0 heterocycles. The monoisotopic (exact) mass is 282 g/mol. The molecule has 0 aromatic carbocycles. The van der Waals surface area contributed by atoms with Gasteiger partial charge in [0, 0.05) is 0 Å². The Balaban J connectivity index is -0.000000107. The van der Waals surface area contributed by atoms with Crippen molar-refractivity contribution in [1.82, 2.24) is 0 Å². The Labute approximate surface area is 92.1 Å². The summed E-state index contributed by atoms with van der Waals surface area (Å²) in [5.74, 6) is 0. The zero-order chi connectivity index (χ0) is 9.00. The minimum atomic E-state index is -2.06. The standard InChI is InChI=1S/2C2H7OPS.Zn/c2*1-4(2,3)5;/h2*1-2H3,(H,3,5);/q;;+2/p-2. The van der Waals surface area contributed by atoms with E-state index in [1.54, 1.807) is 26.7 Å². The summed E-state index contributed by atoms with van der Waals surface area (Å²) in [5.41, 5.74) is 0. The summed E-state index contributed by atoms with van der Waals surface area (Å²) in [4.78, 5) is 0. The van der Waals surface area contributed by atoms with Crippen LogP contribution in [0.1, 0.15) is 0 Å². The second kappa shape index (κ2) is 7.21. The van der Waals surface area contributed by atoms with E-state index < -0.39 is 12.7 Å². The first kappa shape index (κ1) is 18.5. The molecule has 0 fully saturated rings. The molecule has 0 aliphatic rings. The Kier molecular flexibility index (Phi) is 12.2. The van der Waals surface area contributed by atoms with Crippen LogP contribution in [0.2, 0.25) is 0 Å². The van der Waals surface area contributed by atoms with Gasteiger partial charge in [0.25, 0.3) is 0 Å². The second-order valence-electron chi connectivity index (χ2n) is 2.50. The number of hydrogen-bond acceptors (Lipinski definition) is 4. The van der Waals surface area contributed by atoms with Gasteiger partial charge in [0.15, 0.2) is 0 Å². The van der Waals surface area contributed by atoms with Gasteiger partial charge in [-0.3, -0.25) is 0 Å². The van der Waals surface area contributed by atoms with Gasteiger partial charge in [0.2, 0.25) is 0 Å². The minimum absolute atomic E-state index is 0. The van der Waals surface area contributed by atoms with Crippen LogP contribution in [0, 0.1) is 0 Å². The Morgan fingerprint density at radius 2 is 0.818 bits per heavy atom. The fourth-order valence-corrected chi connectivity index (χ4v) is 0. The van der Waals surface area contributed by atoms with E-state index >= 15 is 0 Å². The van der Waals surface area contributed by atoms with Gasteiger partial charge in [-0.05, 0) is 39.3 Å². The van der Waals surface area contributed by atoms with Crippen LogP contribution in [0.25, 0.3) is 0 Å². The molecule has 7 heteroatoms. The van der Waals surface area contributed by atoms with Gasteiger partial charge in [0.05, 0.1) is 0 Å². The van der Waals surface area contributed by atoms with E-state index in [9.17, 15) is 9.13 Å². The molecular formula is C4H12O2P2S2Zn. The minimum Gasteiger partial charge on any atom is -0.718 e. The second-order valence-corrected chi connectivity index (χ2v) is 12.8. The van der Waals surface area contributed by atoms with Gasteiger partial charge in [-0.2, -0.15) is 0 Å². The van der Waals surface area contributed by atoms with Crippen molar-refractivity contribution in [2.75, 3.05) is 26.7 Å². The Morgan fingerprint density at radius 1 is 0.818 bits per heavy atom. The van der Waals surface area contributed by atoms with E-state index in [1.807, 2.05) is 0 Å². The molecule has 0 unspecified atom stereocenters. The normalized spacial score (nSPS) is 10.7. The zero-order valence-electron chi connectivity index (χ0n) is 7.23. The average molecular weight is 284 g/mol. The summed E-state index contributed by atoms with van der Waals surface area (Å²) in [7, 11) is 0. The van der Waals surface area contributed by atoms with Crippen molar-refractivity contribution in [1.29, 1.82) is 0 Å². The summed E-state index contributed by atoms with van der Waals surface area (Å²) in [5, 5.41) is 0. The predicted molar refractivity (Wildman–Crippen MR) is 53.6 cm³/mol. The zero-order valence-corrected chi connectivity index (χ0v) is 13.6. The van der Waals surface area contributed by atoms with Gasteiger partial charge < -0.3 is 33.6 Å². The molecule has 0 bridgehead atoms. The third-order valence-corrected chi connectivity index (χ3v) is 0. The molecule has 2 nitrogen and oxygen atoms in total. The maximum atomic E-state index is 10.0. The van der Waals surface area contributed by atoms with Crippen LogP contribution in [0.3, 0.4) is 0 Å². The van der Waals surface area contributed by atoms with Crippen molar-refractivity contribution in [2.45, 2.75) is 0 Å². The molecule has 0 rings (SSSR count). The van der Waals surface area contributed by atoms with E-state index in [2.05, 4.69) is 24.5 Å². The molecular weight excluding hydrogens is 272 g/mol. The Bertz CT molecular complexity index is 136. The molecule has 11 heavy (non-hydrogen) atoms. The third-order valence-electron chi connectivity index (χ3n) is 0. The largest absolute Gasteiger partial charge is 2.00 e. The molecule has 0 N–H and O–H groups in total. The molecule has 0 atom stereocenters. The predicted octanol–water partition coefficient (Wildman–Crippen LogP) is 2.14. The first-order valence-corrected chi connectivity index (χ1v) is 9.75. The van der Waals surface area contributed by atoms with E-state index in [1.165, 1.54) is 0 Å². The molecule has 0 aliphatic carbocycles. The Hall–Kier alpha value is 1.78. The van der Waals surface area contributed by atoms with E-state index in [-0.39, 0.29) is 19.5 Å². The first-order chi connectivity index (χ1) is 4.00. The molecule has 0 radical (unpaired) electrons. The molecule has 0 aromatic rings. The number of rotatable bonds is 0. The first-order valence-electron chi connectivity index (χ1n) is 2.52. The average Bonchev–Trinajstić information content (AvgIpc) is 1.12. The molecule has 0 aliphatic heterocycles. The molecule has 0 spiro atoms. The Morgan fingerprint density at radius 3 is 0.818 bits per heavy atom. The summed E-state index contributed by atoms with van der Waals surface area (Å²) in [6, 6.07) is 0. The quantitative estimate of drug-likeness (QED) is 0.387. The van der Waals surface area contributed by atoms with Crippen LogP contribution >= 0.6 is 12.7 Å². The van der Waals surface area contributed by atoms with Crippen LogP contribution in [-0.4, -0.2) is 26.7 Å². The van der Waals surface area contributed by atoms with Gasteiger partial charge >= 0.3 is 19.5 Å². The maximum Gasteiger partial charge on any atom is 2.00 e. The van der Waals surface area contributed by atoms with Crippen molar-refractivity contribution in [3.8, 4) is 0 Å². The van der Waals surface area contributed by atoms with E-state index in [4.69, 9.17) is 0 Å². The third kappa shape index (κ3) is 355. The van der Waals surface area contributed by atoms with Crippen molar-refractivity contribution < 1.29 is 28.6 Å². The molecule has 0 saturated heterocycles. The van der Waals surface area contributed by atoms with Gasteiger partial charge in [-0.1, -0.05) is 0 Å². The van der Waals surface area contributed by atoms with Crippen molar-refractivity contribution >= 4 is 37.2 Å². The smallest absolute Gasteiger partial charge is 0.718 e. The summed E-state index contributed by atoms with van der Waals surface area (Å²) in [6.45, 7) is 6.23. The summed E-state index contributed by atoms with van der Waals surface area (Å²) in [6.07, 6.45) is -4.11. The van der Waals surface area contributed by atoms with E-state index in [0.717, 1.165) is 0 Å². The number of hydrogen-bond donors (Lipinski definition) is 0. The van der Waals surface area contributed by atoms with Crippen LogP contribution < -0.4 is 0 Å². The van der Waals surface area contributed by atoms with Crippen molar-refractivity contribution in [3.63, 3.8) is 0 Å². The summed E-state index contributed by atoms with van der Waals surface area (Å²) >= 11 is 8.76.